The van der Waals surface area contributed by atoms with Crippen molar-refractivity contribution in [2.75, 3.05) is 0 Å². The van der Waals surface area contributed by atoms with Gasteiger partial charge in [-0.2, -0.15) is 0 Å². The maximum absolute atomic E-state index is 11.5. The molecule has 0 saturated carbocycles. The third-order valence-electron chi connectivity index (χ3n) is 2.46. The quantitative estimate of drug-likeness (QED) is 0.730. The van der Waals surface area contributed by atoms with E-state index in [-0.39, 0.29) is 5.56 Å². The second-order valence-corrected chi connectivity index (χ2v) is 3.61. The number of rotatable bonds is 1. The summed E-state index contributed by atoms with van der Waals surface area (Å²) in [5.74, 6) is 0. The monoisotopic (exact) mass is 204 g/mol. The van der Waals surface area contributed by atoms with E-state index >= 15 is 0 Å². The highest BCUT2D eigenvalue weighted by Gasteiger charge is 2.05. The van der Waals surface area contributed by atoms with Crippen molar-refractivity contribution in [2.24, 2.45) is 0 Å². The maximum Gasteiger partial charge on any atom is 0.326 e. The van der Waals surface area contributed by atoms with E-state index in [0.29, 0.717) is 10.9 Å². The van der Waals surface area contributed by atoms with E-state index in [1.807, 2.05) is 19.9 Å². The van der Waals surface area contributed by atoms with Crippen molar-refractivity contribution >= 4 is 10.9 Å². The Morgan fingerprint density at radius 1 is 1.20 bits per heavy atom. The highest BCUT2D eigenvalue weighted by Crippen LogP contribution is 2.15. The molecule has 0 spiro atoms. The number of hydrogen-bond donors (Lipinski definition) is 2. The second-order valence-electron chi connectivity index (χ2n) is 3.61. The summed E-state index contributed by atoms with van der Waals surface area (Å²) in [5, 5.41) is 0.548. The molecular weight excluding hydrogens is 192 g/mol. The van der Waals surface area contributed by atoms with E-state index in [0.717, 1.165) is 17.5 Å². The molecule has 1 heterocycles. The van der Waals surface area contributed by atoms with Gasteiger partial charge in [-0.15, -0.1) is 0 Å². The zero-order chi connectivity index (χ0) is 11.0. The lowest BCUT2D eigenvalue weighted by molar-refractivity contribution is 1.06. The number of aromatic nitrogens is 2. The van der Waals surface area contributed by atoms with Crippen molar-refractivity contribution in [2.45, 2.75) is 20.3 Å². The van der Waals surface area contributed by atoms with E-state index in [1.165, 1.54) is 0 Å². The lowest BCUT2D eigenvalue weighted by Gasteiger charge is -2.04. The smallest absolute Gasteiger partial charge is 0.307 e. The first-order valence-corrected chi connectivity index (χ1v) is 4.87. The van der Waals surface area contributed by atoms with Crippen LogP contribution in [0, 0.1) is 6.92 Å². The van der Waals surface area contributed by atoms with Gasteiger partial charge in [0.05, 0.1) is 10.9 Å². The molecule has 0 aliphatic rings. The van der Waals surface area contributed by atoms with Crippen molar-refractivity contribution in [1.29, 1.82) is 0 Å². The summed E-state index contributed by atoms with van der Waals surface area (Å²) in [4.78, 5) is 27.6. The average molecular weight is 204 g/mol. The van der Waals surface area contributed by atoms with Crippen LogP contribution in [-0.2, 0) is 6.42 Å². The lowest BCUT2D eigenvalue weighted by atomic mass is 10.1. The molecule has 0 atom stereocenters. The highest BCUT2D eigenvalue weighted by molar-refractivity contribution is 5.81. The van der Waals surface area contributed by atoms with Crippen LogP contribution in [0.2, 0.25) is 0 Å². The van der Waals surface area contributed by atoms with Crippen LogP contribution in [0.25, 0.3) is 10.9 Å². The van der Waals surface area contributed by atoms with Crippen molar-refractivity contribution in [3.05, 3.63) is 44.1 Å². The first-order chi connectivity index (χ1) is 7.11. The summed E-state index contributed by atoms with van der Waals surface area (Å²) in [6, 6.07) is 3.76. The molecule has 4 heteroatoms. The average Bonchev–Trinajstić information content (AvgIpc) is 2.18. The minimum absolute atomic E-state index is 0.327. The van der Waals surface area contributed by atoms with Crippen molar-refractivity contribution in [1.82, 2.24) is 9.97 Å². The fourth-order valence-corrected chi connectivity index (χ4v) is 1.78. The van der Waals surface area contributed by atoms with Crippen molar-refractivity contribution in [3.8, 4) is 0 Å². The number of nitrogens with one attached hydrogen (secondary N) is 2. The van der Waals surface area contributed by atoms with Gasteiger partial charge in [-0.25, -0.2) is 4.79 Å². The molecule has 0 aliphatic carbocycles. The topological polar surface area (TPSA) is 65.7 Å². The van der Waals surface area contributed by atoms with Gasteiger partial charge < -0.3 is 4.98 Å². The van der Waals surface area contributed by atoms with E-state index in [1.54, 1.807) is 6.07 Å². The predicted molar refractivity (Wildman–Crippen MR) is 59.3 cm³/mol. The zero-order valence-corrected chi connectivity index (χ0v) is 8.68. The number of aromatic amines is 2. The Balaban J connectivity index is 3.03. The molecule has 0 amide bonds. The molecule has 1 aromatic heterocycles. The Hall–Kier alpha value is -1.84. The predicted octanol–water partition coefficient (Wildman–Crippen LogP) is 1.09. The fourth-order valence-electron chi connectivity index (χ4n) is 1.78. The Morgan fingerprint density at radius 3 is 2.60 bits per heavy atom. The van der Waals surface area contributed by atoms with Crippen LogP contribution in [0.4, 0.5) is 0 Å². The Morgan fingerprint density at radius 2 is 1.93 bits per heavy atom. The van der Waals surface area contributed by atoms with Crippen LogP contribution in [0.15, 0.2) is 21.7 Å². The van der Waals surface area contributed by atoms with E-state index in [4.69, 9.17) is 0 Å². The second kappa shape index (κ2) is 3.38. The molecule has 0 saturated heterocycles. The normalized spacial score (nSPS) is 10.8. The molecular formula is C11H12N2O2. The fraction of sp³-hybridized carbons (Fsp3) is 0.273. The zero-order valence-electron chi connectivity index (χ0n) is 8.68. The highest BCUT2D eigenvalue weighted by atomic mass is 16.2. The molecule has 2 aromatic rings. The number of benzene rings is 1. The van der Waals surface area contributed by atoms with Crippen molar-refractivity contribution < 1.29 is 0 Å². The third kappa shape index (κ3) is 1.58. The number of H-pyrrole nitrogens is 2. The first-order valence-electron chi connectivity index (χ1n) is 4.87. The van der Waals surface area contributed by atoms with Gasteiger partial charge >= 0.3 is 5.69 Å². The molecule has 4 nitrogen and oxygen atoms in total. The molecule has 0 unspecified atom stereocenters. The van der Waals surface area contributed by atoms with Crippen LogP contribution >= 0.6 is 0 Å². The molecule has 1 aromatic carbocycles. The maximum atomic E-state index is 11.5. The van der Waals surface area contributed by atoms with Crippen LogP contribution in [0.5, 0.6) is 0 Å². The molecule has 0 radical (unpaired) electrons. The van der Waals surface area contributed by atoms with Crippen LogP contribution in [-0.4, -0.2) is 9.97 Å². The van der Waals surface area contributed by atoms with Gasteiger partial charge in [0, 0.05) is 0 Å². The molecule has 2 rings (SSSR count). The van der Waals surface area contributed by atoms with Crippen LogP contribution in [0.1, 0.15) is 18.1 Å². The standard InChI is InChI=1S/C11H12N2O2/c1-3-7-4-6(2)5-8-9(7)12-11(15)13-10(8)14/h4-5H,3H2,1-2H3,(H2,12,13,14,15). The number of hydrogen-bond acceptors (Lipinski definition) is 2. The van der Waals surface area contributed by atoms with E-state index in [9.17, 15) is 9.59 Å². The number of aryl methyl sites for hydroxylation is 2. The minimum atomic E-state index is -0.453. The van der Waals surface area contributed by atoms with Crippen LogP contribution < -0.4 is 11.2 Å². The SMILES string of the molecule is CCc1cc(C)cc2c(=O)[nH]c(=O)[nH]c12. The van der Waals surface area contributed by atoms with Gasteiger partial charge in [0.15, 0.2) is 0 Å². The summed E-state index contributed by atoms with van der Waals surface area (Å²) in [7, 11) is 0. The number of fused-ring (bicyclic) bond motifs is 1. The Bertz CT molecular complexity index is 623. The first kappa shape index (κ1) is 9.71. The van der Waals surface area contributed by atoms with Gasteiger partial charge in [0.1, 0.15) is 0 Å². The molecule has 0 fully saturated rings. The summed E-state index contributed by atoms with van der Waals surface area (Å²) >= 11 is 0. The Labute approximate surface area is 86.0 Å². The molecule has 15 heavy (non-hydrogen) atoms. The molecule has 2 N–H and O–H groups in total. The molecule has 0 bridgehead atoms. The van der Waals surface area contributed by atoms with Crippen molar-refractivity contribution in [3.63, 3.8) is 0 Å². The van der Waals surface area contributed by atoms with Crippen LogP contribution in [0.3, 0.4) is 0 Å². The van der Waals surface area contributed by atoms with Gasteiger partial charge in [0.25, 0.3) is 5.56 Å². The van der Waals surface area contributed by atoms with Gasteiger partial charge in [0.2, 0.25) is 0 Å². The molecule has 0 aliphatic heterocycles. The third-order valence-corrected chi connectivity index (χ3v) is 2.46. The minimum Gasteiger partial charge on any atom is -0.307 e. The largest absolute Gasteiger partial charge is 0.326 e. The van der Waals surface area contributed by atoms with Gasteiger partial charge in [-0.05, 0) is 30.5 Å². The summed E-state index contributed by atoms with van der Waals surface area (Å²) < 4.78 is 0. The van der Waals surface area contributed by atoms with Gasteiger partial charge in [-0.1, -0.05) is 13.0 Å². The Kier molecular flexibility index (Phi) is 2.19. The lowest BCUT2D eigenvalue weighted by Crippen LogP contribution is -2.22. The summed E-state index contributed by atoms with van der Waals surface area (Å²) in [6.45, 7) is 3.93. The van der Waals surface area contributed by atoms with E-state index < -0.39 is 5.69 Å². The molecule has 78 valence electrons. The van der Waals surface area contributed by atoms with Gasteiger partial charge in [-0.3, -0.25) is 9.78 Å². The summed E-state index contributed by atoms with van der Waals surface area (Å²) in [5.41, 5.74) is 1.89. The summed E-state index contributed by atoms with van der Waals surface area (Å²) in [6.07, 6.45) is 0.789. The van der Waals surface area contributed by atoms with E-state index in [2.05, 4.69) is 9.97 Å².